The molecule has 4 heterocycles. The number of thiocarbonyl (C=S) groups is 1. The van der Waals surface area contributed by atoms with E-state index in [1.165, 1.54) is 0 Å². The number of phenols is 1. The summed E-state index contributed by atoms with van der Waals surface area (Å²) in [5.41, 5.74) is 6.14. The van der Waals surface area contributed by atoms with E-state index in [1.807, 2.05) is 48.5 Å². The number of hydrogen-bond donors (Lipinski definition) is 2. The number of aryl methyl sites for hydroxylation is 1. The molecule has 4 aromatic rings. The van der Waals surface area contributed by atoms with Crippen molar-refractivity contribution in [3.63, 3.8) is 0 Å². The lowest BCUT2D eigenvalue weighted by molar-refractivity contribution is 0.174. The smallest absolute Gasteiger partial charge is 0.231 e. The van der Waals surface area contributed by atoms with Crippen LogP contribution in [0.5, 0.6) is 17.2 Å². The molecule has 2 aromatic carbocycles. The molecule has 2 atom stereocenters. The van der Waals surface area contributed by atoms with E-state index < -0.39 is 0 Å². The van der Waals surface area contributed by atoms with Gasteiger partial charge in [-0.3, -0.25) is 4.98 Å². The van der Waals surface area contributed by atoms with Crippen molar-refractivity contribution in [2.75, 3.05) is 11.7 Å². The molecule has 0 aliphatic carbocycles. The Labute approximate surface area is 208 Å². The van der Waals surface area contributed by atoms with Crippen LogP contribution in [0.25, 0.3) is 5.69 Å². The number of fused-ring (bicyclic) bond motifs is 1. The molecule has 0 radical (unpaired) electrons. The van der Waals surface area contributed by atoms with Crippen molar-refractivity contribution in [3.8, 4) is 22.9 Å². The first-order valence-corrected chi connectivity index (χ1v) is 11.8. The van der Waals surface area contributed by atoms with Gasteiger partial charge in [-0.25, -0.2) is 0 Å². The highest BCUT2D eigenvalue weighted by atomic mass is 32.1. The van der Waals surface area contributed by atoms with Crippen molar-refractivity contribution < 1.29 is 14.6 Å². The Bertz CT molecular complexity index is 1420. The maximum atomic E-state index is 9.77. The van der Waals surface area contributed by atoms with E-state index >= 15 is 0 Å². The van der Waals surface area contributed by atoms with Gasteiger partial charge < -0.3 is 29.4 Å². The largest absolute Gasteiger partial charge is 0.508 e. The minimum absolute atomic E-state index is 0.144. The third kappa shape index (κ3) is 3.57. The number of phenolic OH excluding ortho intramolecular Hbond substituents is 1. The number of anilines is 1. The number of aromatic hydroxyl groups is 1. The standard InChI is InChI=1S/C27H24N4O3S/c1-16-13-21(17(2)30(16)18-6-9-20(32)10-7-18)26-25(22-5-3-4-12-28-22)29-27(35)31(26)19-8-11-23-24(14-19)34-15-33-23/h3-14,25-26,32H,15H2,1-2H3,(H,29,35)/t25-,26-/m0/s1. The maximum absolute atomic E-state index is 9.77. The van der Waals surface area contributed by atoms with Gasteiger partial charge in [-0.1, -0.05) is 6.07 Å². The third-order valence-corrected chi connectivity index (χ3v) is 6.94. The molecule has 0 bridgehead atoms. The number of pyridine rings is 1. The molecule has 2 aromatic heterocycles. The van der Waals surface area contributed by atoms with Crippen LogP contribution in [-0.2, 0) is 0 Å². The van der Waals surface area contributed by atoms with Gasteiger partial charge in [0.15, 0.2) is 16.6 Å². The normalized spacial score (nSPS) is 18.7. The van der Waals surface area contributed by atoms with Crippen molar-refractivity contribution in [1.82, 2.24) is 14.9 Å². The molecule has 2 aliphatic heterocycles. The van der Waals surface area contributed by atoms with Crippen LogP contribution in [0.3, 0.4) is 0 Å². The SMILES string of the molecule is Cc1cc([C@H]2[C@H](c3ccccn3)NC(=S)N2c2ccc3c(c2)OCO3)c(C)n1-c1ccc(O)cc1. The minimum Gasteiger partial charge on any atom is -0.508 e. The lowest BCUT2D eigenvalue weighted by atomic mass is 9.96. The Hall–Kier alpha value is -4.04. The van der Waals surface area contributed by atoms with Gasteiger partial charge in [0.25, 0.3) is 0 Å². The Balaban J connectivity index is 1.51. The highest BCUT2D eigenvalue weighted by Crippen LogP contribution is 2.46. The first-order valence-electron chi connectivity index (χ1n) is 11.4. The van der Waals surface area contributed by atoms with Gasteiger partial charge in [-0.2, -0.15) is 0 Å². The zero-order valence-corrected chi connectivity index (χ0v) is 20.1. The second-order valence-corrected chi connectivity index (χ2v) is 9.10. The number of hydrogen-bond acceptors (Lipinski definition) is 5. The summed E-state index contributed by atoms with van der Waals surface area (Å²) >= 11 is 5.88. The minimum atomic E-state index is -0.150. The maximum Gasteiger partial charge on any atom is 0.231 e. The summed E-state index contributed by atoms with van der Waals surface area (Å²) in [5, 5.41) is 13.9. The first-order chi connectivity index (χ1) is 17.0. The summed E-state index contributed by atoms with van der Waals surface area (Å²) < 4.78 is 13.4. The van der Waals surface area contributed by atoms with E-state index in [4.69, 9.17) is 21.7 Å². The second kappa shape index (κ2) is 8.32. The van der Waals surface area contributed by atoms with E-state index in [9.17, 15) is 5.11 Å². The van der Waals surface area contributed by atoms with Crippen molar-refractivity contribution in [2.24, 2.45) is 0 Å². The number of nitrogens with one attached hydrogen (secondary N) is 1. The fourth-order valence-electron chi connectivity index (χ4n) is 5.07. The molecule has 1 saturated heterocycles. The topological polar surface area (TPSA) is 71.8 Å². The van der Waals surface area contributed by atoms with Crippen molar-refractivity contribution >= 4 is 23.0 Å². The number of ether oxygens (including phenoxy) is 2. The Morgan fingerprint density at radius 3 is 2.51 bits per heavy atom. The number of nitrogens with zero attached hydrogens (tertiary/aromatic N) is 3. The summed E-state index contributed by atoms with van der Waals surface area (Å²) in [7, 11) is 0. The molecule has 2 aliphatic rings. The van der Waals surface area contributed by atoms with Gasteiger partial charge in [0, 0.05) is 35.0 Å². The van der Waals surface area contributed by atoms with Crippen LogP contribution < -0.4 is 19.7 Å². The van der Waals surface area contributed by atoms with Crippen LogP contribution >= 0.6 is 12.2 Å². The molecule has 176 valence electrons. The monoisotopic (exact) mass is 484 g/mol. The molecule has 0 amide bonds. The lowest BCUT2D eigenvalue weighted by Crippen LogP contribution is -2.29. The molecule has 0 unspecified atom stereocenters. The van der Waals surface area contributed by atoms with Gasteiger partial charge >= 0.3 is 0 Å². The van der Waals surface area contributed by atoms with E-state index in [0.29, 0.717) is 10.9 Å². The lowest BCUT2D eigenvalue weighted by Gasteiger charge is -2.28. The molecule has 2 N–H and O–H groups in total. The Morgan fingerprint density at radius 2 is 1.74 bits per heavy atom. The second-order valence-electron chi connectivity index (χ2n) is 8.71. The number of benzene rings is 2. The van der Waals surface area contributed by atoms with Crippen molar-refractivity contribution in [1.29, 1.82) is 0 Å². The zero-order valence-electron chi connectivity index (χ0n) is 19.3. The summed E-state index contributed by atoms with van der Waals surface area (Å²) in [5.74, 6) is 1.68. The highest BCUT2D eigenvalue weighted by molar-refractivity contribution is 7.80. The molecular formula is C27H24N4O3S. The molecule has 8 heteroatoms. The van der Waals surface area contributed by atoms with E-state index in [1.54, 1.807) is 18.3 Å². The van der Waals surface area contributed by atoms with Gasteiger partial charge in [0.05, 0.1) is 17.8 Å². The zero-order chi connectivity index (χ0) is 24.1. The summed E-state index contributed by atoms with van der Waals surface area (Å²) in [6.07, 6.45) is 1.81. The fourth-order valence-corrected chi connectivity index (χ4v) is 5.42. The first kappa shape index (κ1) is 21.5. The molecule has 0 saturated carbocycles. The molecule has 6 rings (SSSR count). The van der Waals surface area contributed by atoms with E-state index in [0.717, 1.165) is 39.8 Å². The summed E-state index contributed by atoms with van der Waals surface area (Å²) in [4.78, 5) is 6.79. The summed E-state index contributed by atoms with van der Waals surface area (Å²) in [6, 6.07) is 21.0. The van der Waals surface area contributed by atoms with E-state index in [2.05, 4.69) is 39.7 Å². The quantitative estimate of drug-likeness (QED) is 0.391. The van der Waals surface area contributed by atoms with Crippen LogP contribution in [0.4, 0.5) is 5.69 Å². The number of rotatable bonds is 4. The van der Waals surface area contributed by atoms with Gasteiger partial charge in [-0.05, 0) is 86.2 Å². The molecule has 35 heavy (non-hydrogen) atoms. The predicted octanol–water partition coefficient (Wildman–Crippen LogP) is 5.10. The van der Waals surface area contributed by atoms with Gasteiger partial charge in [0.2, 0.25) is 6.79 Å². The molecule has 7 nitrogen and oxygen atoms in total. The average molecular weight is 485 g/mol. The van der Waals surface area contributed by atoms with Gasteiger partial charge in [0.1, 0.15) is 5.75 Å². The molecule has 1 fully saturated rings. The third-order valence-electron chi connectivity index (χ3n) is 6.63. The van der Waals surface area contributed by atoms with Crippen LogP contribution in [0.2, 0.25) is 0 Å². The number of aromatic nitrogens is 2. The van der Waals surface area contributed by atoms with Crippen LogP contribution in [0.1, 0.15) is 34.7 Å². The van der Waals surface area contributed by atoms with E-state index in [-0.39, 0.29) is 24.6 Å². The summed E-state index contributed by atoms with van der Waals surface area (Å²) in [6.45, 7) is 4.42. The van der Waals surface area contributed by atoms with Crippen LogP contribution in [0.15, 0.2) is 72.9 Å². The fraction of sp³-hybridized carbons (Fsp3) is 0.185. The molecule has 0 spiro atoms. The van der Waals surface area contributed by atoms with Crippen LogP contribution in [-0.4, -0.2) is 26.6 Å². The van der Waals surface area contributed by atoms with Crippen LogP contribution in [0, 0.1) is 13.8 Å². The van der Waals surface area contributed by atoms with Crippen molar-refractivity contribution in [3.05, 3.63) is 95.6 Å². The Morgan fingerprint density at radius 1 is 0.971 bits per heavy atom. The average Bonchev–Trinajstić information content (AvgIpc) is 3.55. The predicted molar refractivity (Wildman–Crippen MR) is 137 cm³/mol. The Kier molecular flexibility index (Phi) is 5.11. The molecular weight excluding hydrogens is 460 g/mol. The van der Waals surface area contributed by atoms with Gasteiger partial charge in [-0.15, -0.1) is 0 Å². The van der Waals surface area contributed by atoms with Crippen molar-refractivity contribution in [2.45, 2.75) is 25.9 Å². The highest BCUT2D eigenvalue weighted by Gasteiger charge is 2.42.